The van der Waals surface area contributed by atoms with Crippen molar-refractivity contribution in [3.05, 3.63) is 48.0 Å². The first-order chi connectivity index (χ1) is 13.5. The molecule has 6 heteroatoms. The first kappa shape index (κ1) is 18.9. The Kier molecular flexibility index (Phi) is 5.06. The van der Waals surface area contributed by atoms with Crippen LogP contribution >= 0.6 is 0 Å². The summed E-state index contributed by atoms with van der Waals surface area (Å²) >= 11 is 0. The number of nitrogens with one attached hydrogen (secondary N) is 1. The van der Waals surface area contributed by atoms with Crippen molar-refractivity contribution in [3.63, 3.8) is 0 Å². The lowest BCUT2D eigenvalue weighted by Gasteiger charge is -2.23. The van der Waals surface area contributed by atoms with Gasteiger partial charge in [0.05, 0.1) is 18.3 Å². The molecule has 2 saturated heterocycles. The lowest BCUT2D eigenvalue weighted by molar-refractivity contribution is -0.131. The largest absolute Gasteiger partial charge is 0.494 e. The number of carbonyl (C=O) groups excluding carboxylic acids is 1. The summed E-state index contributed by atoms with van der Waals surface area (Å²) in [5.41, 5.74) is 1.65. The normalized spacial score (nSPS) is 24.3. The highest BCUT2D eigenvalue weighted by atomic mass is 19.1. The second-order valence-electron chi connectivity index (χ2n) is 7.75. The Morgan fingerprint density at radius 3 is 2.93 bits per heavy atom. The summed E-state index contributed by atoms with van der Waals surface area (Å²) < 4.78 is 20.1. The third-order valence-electron chi connectivity index (χ3n) is 5.80. The van der Waals surface area contributed by atoms with Crippen LogP contribution in [0.5, 0.6) is 5.75 Å². The predicted octanol–water partition coefficient (Wildman–Crippen LogP) is 3.70. The number of ether oxygens (including phenoxy) is 1. The van der Waals surface area contributed by atoms with Gasteiger partial charge in [-0.05, 0) is 61.6 Å². The number of carbonyl (C=O) groups is 1. The zero-order valence-electron chi connectivity index (χ0n) is 16.4. The smallest absolute Gasteiger partial charge is 0.242 e. The van der Waals surface area contributed by atoms with Crippen LogP contribution in [0.2, 0.25) is 0 Å². The number of amides is 1. The van der Waals surface area contributed by atoms with E-state index in [9.17, 15) is 9.18 Å². The van der Waals surface area contributed by atoms with Crippen LogP contribution in [-0.4, -0.2) is 41.5 Å². The van der Waals surface area contributed by atoms with Crippen molar-refractivity contribution >= 4 is 5.91 Å². The van der Waals surface area contributed by atoms with E-state index in [1.165, 1.54) is 6.07 Å². The molecule has 1 aromatic heterocycles. The van der Waals surface area contributed by atoms with Crippen LogP contribution in [0.15, 0.2) is 36.5 Å². The second kappa shape index (κ2) is 7.51. The molecule has 1 amide bonds. The first-order valence-electron chi connectivity index (χ1n) is 9.94. The molecule has 3 heterocycles. The van der Waals surface area contributed by atoms with Gasteiger partial charge in [0, 0.05) is 25.4 Å². The van der Waals surface area contributed by atoms with E-state index in [0.717, 1.165) is 43.5 Å². The number of hydrogen-bond acceptors (Lipinski definition) is 4. The van der Waals surface area contributed by atoms with Crippen LogP contribution in [0, 0.1) is 5.82 Å². The minimum absolute atomic E-state index is 0.00187. The van der Waals surface area contributed by atoms with Crippen LogP contribution in [0.1, 0.15) is 44.3 Å². The molecule has 0 radical (unpaired) electrons. The molecule has 2 aliphatic rings. The molecule has 2 atom stereocenters. The molecule has 2 aliphatic heterocycles. The SMILES string of the molecule is CCCOc1ccc(F)c(-c2ccnc(C3CCC4(CCN(C)C4=O)N3)c2)c1. The maximum absolute atomic E-state index is 14.5. The number of hydrogen-bond donors (Lipinski definition) is 1. The van der Waals surface area contributed by atoms with E-state index in [4.69, 9.17) is 4.74 Å². The Bertz CT molecular complexity index is 888. The van der Waals surface area contributed by atoms with Crippen molar-refractivity contribution in [1.82, 2.24) is 15.2 Å². The van der Waals surface area contributed by atoms with Crippen molar-refractivity contribution < 1.29 is 13.9 Å². The summed E-state index contributed by atoms with van der Waals surface area (Å²) in [6.07, 6.45) is 5.08. The van der Waals surface area contributed by atoms with Crippen molar-refractivity contribution in [2.45, 2.75) is 44.2 Å². The molecule has 2 aromatic rings. The molecule has 1 spiro atoms. The summed E-state index contributed by atoms with van der Waals surface area (Å²) in [7, 11) is 1.85. The fourth-order valence-electron chi connectivity index (χ4n) is 4.23. The number of rotatable bonds is 5. The minimum atomic E-state index is -0.462. The number of pyridine rings is 1. The van der Waals surface area contributed by atoms with Gasteiger partial charge in [-0.2, -0.15) is 0 Å². The number of nitrogens with zero attached hydrogens (tertiary/aromatic N) is 2. The molecule has 1 aromatic carbocycles. The highest BCUT2D eigenvalue weighted by molar-refractivity contribution is 5.88. The van der Waals surface area contributed by atoms with Gasteiger partial charge in [0.25, 0.3) is 0 Å². The van der Waals surface area contributed by atoms with Crippen LogP contribution in [-0.2, 0) is 4.79 Å². The van der Waals surface area contributed by atoms with Gasteiger partial charge in [-0.1, -0.05) is 6.92 Å². The van der Waals surface area contributed by atoms with E-state index < -0.39 is 5.54 Å². The fourth-order valence-corrected chi connectivity index (χ4v) is 4.23. The van der Waals surface area contributed by atoms with E-state index in [0.29, 0.717) is 17.9 Å². The lowest BCUT2D eigenvalue weighted by Crippen LogP contribution is -2.47. The molecular weight excluding hydrogens is 357 g/mol. The van der Waals surface area contributed by atoms with Gasteiger partial charge in [-0.15, -0.1) is 0 Å². The molecular formula is C22H26FN3O2. The molecule has 4 rings (SSSR count). The van der Waals surface area contributed by atoms with Gasteiger partial charge in [0.2, 0.25) is 5.91 Å². The van der Waals surface area contributed by atoms with E-state index in [-0.39, 0.29) is 17.8 Å². The maximum Gasteiger partial charge on any atom is 0.242 e. The van der Waals surface area contributed by atoms with E-state index >= 15 is 0 Å². The van der Waals surface area contributed by atoms with E-state index in [1.807, 2.05) is 26.1 Å². The van der Waals surface area contributed by atoms with Gasteiger partial charge < -0.3 is 9.64 Å². The van der Waals surface area contributed by atoms with Gasteiger partial charge in [0.1, 0.15) is 17.1 Å². The zero-order valence-corrected chi connectivity index (χ0v) is 16.4. The molecule has 1 N–H and O–H groups in total. The number of likely N-dealkylation sites (tertiary alicyclic amines) is 1. The summed E-state index contributed by atoms with van der Waals surface area (Å²) in [4.78, 5) is 18.8. The number of halogens is 1. The van der Waals surface area contributed by atoms with Crippen LogP contribution in [0.3, 0.4) is 0 Å². The average molecular weight is 383 g/mol. The average Bonchev–Trinajstić information content (AvgIpc) is 3.27. The Morgan fingerprint density at radius 1 is 1.32 bits per heavy atom. The topological polar surface area (TPSA) is 54.5 Å². The van der Waals surface area contributed by atoms with E-state index in [1.54, 1.807) is 23.2 Å². The van der Waals surface area contributed by atoms with Gasteiger partial charge in [-0.25, -0.2) is 4.39 Å². The number of likely N-dealkylation sites (N-methyl/N-ethyl adjacent to an activating group) is 1. The lowest BCUT2D eigenvalue weighted by atomic mass is 9.96. The second-order valence-corrected chi connectivity index (χ2v) is 7.75. The molecule has 5 nitrogen and oxygen atoms in total. The number of aromatic nitrogens is 1. The summed E-state index contributed by atoms with van der Waals surface area (Å²) in [6, 6.07) is 8.56. The fraction of sp³-hybridized carbons (Fsp3) is 0.455. The summed E-state index contributed by atoms with van der Waals surface area (Å²) in [5.74, 6) is 0.538. The third-order valence-corrected chi connectivity index (χ3v) is 5.80. The zero-order chi connectivity index (χ0) is 19.7. The monoisotopic (exact) mass is 383 g/mol. The highest BCUT2D eigenvalue weighted by Gasteiger charge is 2.50. The summed E-state index contributed by atoms with van der Waals surface area (Å²) in [5, 5.41) is 3.52. The van der Waals surface area contributed by atoms with Crippen molar-refractivity contribution in [3.8, 4) is 16.9 Å². The van der Waals surface area contributed by atoms with Crippen LogP contribution < -0.4 is 10.1 Å². The van der Waals surface area contributed by atoms with Crippen LogP contribution in [0.25, 0.3) is 11.1 Å². The Morgan fingerprint density at radius 2 is 2.18 bits per heavy atom. The van der Waals surface area contributed by atoms with Crippen molar-refractivity contribution in [2.75, 3.05) is 20.2 Å². The Balaban J connectivity index is 1.58. The molecule has 0 aliphatic carbocycles. The molecule has 0 bridgehead atoms. The van der Waals surface area contributed by atoms with Crippen molar-refractivity contribution in [2.24, 2.45) is 0 Å². The third kappa shape index (κ3) is 3.37. The first-order valence-corrected chi connectivity index (χ1v) is 9.94. The molecule has 28 heavy (non-hydrogen) atoms. The minimum Gasteiger partial charge on any atom is -0.494 e. The van der Waals surface area contributed by atoms with Gasteiger partial charge in [-0.3, -0.25) is 15.1 Å². The molecule has 2 fully saturated rings. The molecule has 148 valence electrons. The molecule has 0 saturated carbocycles. The standard InChI is InChI=1S/C22H26FN3O2/c1-3-12-28-16-4-5-18(23)17(14-16)15-7-10-24-20(13-15)19-6-8-22(25-19)9-11-26(2)21(22)27/h4-5,7,10,13-14,19,25H,3,6,8-9,11-12H2,1-2H3. The van der Waals surface area contributed by atoms with Crippen molar-refractivity contribution in [1.29, 1.82) is 0 Å². The van der Waals surface area contributed by atoms with Crippen LogP contribution in [0.4, 0.5) is 4.39 Å². The quantitative estimate of drug-likeness (QED) is 0.855. The highest BCUT2D eigenvalue weighted by Crippen LogP contribution is 2.39. The van der Waals surface area contributed by atoms with Gasteiger partial charge >= 0.3 is 0 Å². The van der Waals surface area contributed by atoms with Gasteiger partial charge in [0.15, 0.2) is 0 Å². The Labute approximate surface area is 164 Å². The summed E-state index contributed by atoms with van der Waals surface area (Å²) in [6.45, 7) is 3.42. The predicted molar refractivity (Wildman–Crippen MR) is 106 cm³/mol. The molecule has 2 unspecified atom stereocenters. The maximum atomic E-state index is 14.5. The number of benzene rings is 1. The van der Waals surface area contributed by atoms with E-state index in [2.05, 4.69) is 10.3 Å². The Hall–Kier alpha value is -2.47.